The third-order valence-electron chi connectivity index (χ3n) is 3.87. The number of rotatable bonds is 2. The second-order valence-corrected chi connectivity index (χ2v) is 6.68. The molecule has 0 spiro atoms. The van der Waals surface area contributed by atoms with Crippen molar-refractivity contribution in [3.8, 4) is 0 Å². The molecule has 1 atom stereocenters. The summed E-state index contributed by atoms with van der Waals surface area (Å²) in [5, 5.41) is 0. The van der Waals surface area contributed by atoms with Gasteiger partial charge in [0.15, 0.2) is 0 Å². The van der Waals surface area contributed by atoms with Crippen molar-refractivity contribution in [1.29, 1.82) is 0 Å². The molecule has 0 fully saturated rings. The molecule has 1 aromatic carbocycles. The standard InChI is InChI=1S/C18H24N2O/c1-12-6-8-13(9-7-12)16(19)14-10-11-15(18(2,3)4)20(5)17(14)21/h6-11,16H,19H2,1-5H3. The number of pyridine rings is 1. The zero-order valence-corrected chi connectivity index (χ0v) is 13.5. The Hall–Kier alpha value is -1.87. The van der Waals surface area contributed by atoms with E-state index in [0.29, 0.717) is 5.56 Å². The highest BCUT2D eigenvalue weighted by molar-refractivity contribution is 5.33. The van der Waals surface area contributed by atoms with Gasteiger partial charge in [-0.05, 0) is 24.6 Å². The molecule has 2 aromatic rings. The van der Waals surface area contributed by atoms with Crippen LogP contribution in [0.4, 0.5) is 0 Å². The lowest BCUT2D eigenvalue weighted by atomic mass is 9.90. The van der Waals surface area contributed by atoms with Crippen LogP contribution in [-0.4, -0.2) is 4.57 Å². The summed E-state index contributed by atoms with van der Waals surface area (Å²) in [6.07, 6.45) is 0. The third kappa shape index (κ3) is 3.08. The van der Waals surface area contributed by atoms with Gasteiger partial charge in [-0.25, -0.2) is 0 Å². The fourth-order valence-corrected chi connectivity index (χ4v) is 2.60. The van der Waals surface area contributed by atoms with E-state index < -0.39 is 6.04 Å². The minimum Gasteiger partial charge on any atom is -0.320 e. The number of aryl methyl sites for hydroxylation is 1. The minimum atomic E-state index is -0.390. The summed E-state index contributed by atoms with van der Waals surface area (Å²) in [4.78, 5) is 12.6. The highest BCUT2D eigenvalue weighted by atomic mass is 16.1. The first kappa shape index (κ1) is 15.5. The largest absolute Gasteiger partial charge is 0.320 e. The van der Waals surface area contributed by atoms with Gasteiger partial charge in [0.25, 0.3) is 5.56 Å². The van der Waals surface area contributed by atoms with Crippen LogP contribution in [0.5, 0.6) is 0 Å². The van der Waals surface area contributed by atoms with Crippen molar-refractivity contribution in [3.05, 3.63) is 69.1 Å². The molecule has 1 heterocycles. The monoisotopic (exact) mass is 284 g/mol. The Morgan fingerprint density at radius 2 is 1.62 bits per heavy atom. The highest BCUT2D eigenvalue weighted by Crippen LogP contribution is 2.23. The normalized spacial score (nSPS) is 13.2. The summed E-state index contributed by atoms with van der Waals surface area (Å²) in [6.45, 7) is 8.33. The van der Waals surface area contributed by atoms with Crippen molar-refractivity contribution in [2.75, 3.05) is 0 Å². The van der Waals surface area contributed by atoms with Gasteiger partial charge in [-0.2, -0.15) is 0 Å². The van der Waals surface area contributed by atoms with Gasteiger partial charge in [0.05, 0.1) is 6.04 Å². The van der Waals surface area contributed by atoms with Gasteiger partial charge in [0, 0.05) is 23.7 Å². The molecule has 0 aliphatic rings. The Bertz CT molecular complexity index is 691. The average Bonchev–Trinajstić information content (AvgIpc) is 2.40. The molecule has 3 heteroatoms. The predicted molar refractivity (Wildman–Crippen MR) is 87.6 cm³/mol. The van der Waals surface area contributed by atoms with Crippen LogP contribution >= 0.6 is 0 Å². The molecule has 3 nitrogen and oxygen atoms in total. The van der Waals surface area contributed by atoms with Gasteiger partial charge < -0.3 is 10.3 Å². The van der Waals surface area contributed by atoms with Crippen LogP contribution in [0.15, 0.2) is 41.2 Å². The molecule has 0 saturated heterocycles. The van der Waals surface area contributed by atoms with Crippen LogP contribution in [0.25, 0.3) is 0 Å². The van der Waals surface area contributed by atoms with Crippen LogP contribution < -0.4 is 11.3 Å². The lowest BCUT2D eigenvalue weighted by Crippen LogP contribution is -2.32. The van der Waals surface area contributed by atoms with E-state index in [4.69, 9.17) is 5.73 Å². The number of benzene rings is 1. The molecule has 112 valence electrons. The number of hydrogen-bond donors (Lipinski definition) is 1. The molecule has 1 aromatic heterocycles. The van der Waals surface area contributed by atoms with Gasteiger partial charge in [-0.3, -0.25) is 4.79 Å². The van der Waals surface area contributed by atoms with Gasteiger partial charge in [-0.15, -0.1) is 0 Å². The van der Waals surface area contributed by atoms with Crippen molar-refractivity contribution in [2.24, 2.45) is 12.8 Å². The molecule has 0 aliphatic heterocycles. The second kappa shape index (κ2) is 5.49. The van der Waals surface area contributed by atoms with Crippen LogP contribution in [0, 0.1) is 6.92 Å². The zero-order valence-electron chi connectivity index (χ0n) is 13.5. The van der Waals surface area contributed by atoms with E-state index in [1.165, 1.54) is 5.56 Å². The first-order chi connectivity index (χ1) is 9.71. The summed E-state index contributed by atoms with van der Waals surface area (Å²) in [7, 11) is 1.81. The maximum absolute atomic E-state index is 12.6. The molecule has 0 aliphatic carbocycles. The lowest BCUT2D eigenvalue weighted by molar-refractivity contribution is 0.528. The van der Waals surface area contributed by atoms with E-state index in [-0.39, 0.29) is 11.0 Å². The maximum Gasteiger partial charge on any atom is 0.255 e. The quantitative estimate of drug-likeness (QED) is 0.921. The maximum atomic E-state index is 12.6. The number of nitrogens with two attached hydrogens (primary N) is 1. The zero-order chi connectivity index (χ0) is 15.8. The Morgan fingerprint density at radius 3 is 2.14 bits per heavy atom. The Morgan fingerprint density at radius 1 is 1.05 bits per heavy atom. The van der Waals surface area contributed by atoms with Gasteiger partial charge in [-0.1, -0.05) is 50.6 Å². The van der Waals surface area contributed by atoms with E-state index >= 15 is 0 Å². The molecular formula is C18H24N2O. The molecule has 0 radical (unpaired) electrons. The topological polar surface area (TPSA) is 48.0 Å². The van der Waals surface area contributed by atoms with Gasteiger partial charge >= 0.3 is 0 Å². The fraction of sp³-hybridized carbons (Fsp3) is 0.389. The number of nitrogens with zero attached hydrogens (tertiary/aromatic N) is 1. The van der Waals surface area contributed by atoms with Crippen LogP contribution in [0.2, 0.25) is 0 Å². The SMILES string of the molecule is Cc1ccc(C(N)c2ccc(C(C)(C)C)n(C)c2=O)cc1. The molecule has 0 saturated carbocycles. The molecule has 2 N–H and O–H groups in total. The van der Waals surface area contributed by atoms with Crippen LogP contribution in [-0.2, 0) is 12.5 Å². The summed E-state index contributed by atoms with van der Waals surface area (Å²) in [5.74, 6) is 0. The second-order valence-electron chi connectivity index (χ2n) is 6.68. The predicted octanol–water partition coefficient (Wildman–Crippen LogP) is 3.04. The van der Waals surface area contributed by atoms with E-state index in [9.17, 15) is 4.79 Å². The number of aromatic nitrogens is 1. The Labute approximate surface area is 126 Å². The molecule has 0 amide bonds. The summed E-state index contributed by atoms with van der Waals surface area (Å²) < 4.78 is 1.71. The van der Waals surface area contributed by atoms with Crippen molar-refractivity contribution in [3.63, 3.8) is 0 Å². The van der Waals surface area contributed by atoms with Crippen LogP contribution in [0.1, 0.15) is 49.2 Å². The van der Waals surface area contributed by atoms with Crippen LogP contribution in [0.3, 0.4) is 0 Å². The van der Waals surface area contributed by atoms with Crippen molar-refractivity contribution in [1.82, 2.24) is 4.57 Å². The average molecular weight is 284 g/mol. The number of hydrogen-bond acceptors (Lipinski definition) is 2. The van der Waals surface area contributed by atoms with E-state index in [0.717, 1.165) is 11.3 Å². The Kier molecular flexibility index (Phi) is 4.06. The summed E-state index contributed by atoms with van der Waals surface area (Å²) in [5.41, 5.74) is 9.98. The van der Waals surface area contributed by atoms with Crippen molar-refractivity contribution in [2.45, 2.75) is 39.2 Å². The van der Waals surface area contributed by atoms with Crippen molar-refractivity contribution < 1.29 is 0 Å². The molecular weight excluding hydrogens is 260 g/mol. The van der Waals surface area contributed by atoms with E-state index in [1.807, 2.05) is 50.4 Å². The van der Waals surface area contributed by atoms with E-state index in [2.05, 4.69) is 20.8 Å². The van der Waals surface area contributed by atoms with E-state index in [1.54, 1.807) is 4.57 Å². The van der Waals surface area contributed by atoms with Crippen molar-refractivity contribution >= 4 is 0 Å². The summed E-state index contributed by atoms with van der Waals surface area (Å²) in [6, 6.07) is 11.5. The van der Waals surface area contributed by atoms with Gasteiger partial charge in [0.2, 0.25) is 0 Å². The van der Waals surface area contributed by atoms with Gasteiger partial charge in [0.1, 0.15) is 0 Å². The lowest BCUT2D eigenvalue weighted by Gasteiger charge is -2.23. The molecule has 21 heavy (non-hydrogen) atoms. The first-order valence-corrected chi connectivity index (χ1v) is 7.24. The smallest absolute Gasteiger partial charge is 0.255 e. The minimum absolute atomic E-state index is 0.0181. The first-order valence-electron chi connectivity index (χ1n) is 7.24. The molecule has 1 unspecified atom stereocenters. The third-order valence-corrected chi connectivity index (χ3v) is 3.87. The molecule has 2 rings (SSSR count). The summed E-state index contributed by atoms with van der Waals surface area (Å²) >= 11 is 0. The fourth-order valence-electron chi connectivity index (χ4n) is 2.60. The highest BCUT2D eigenvalue weighted by Gasteiger charge is 2.20. The Balaban J connectivity index is 2.48. The molecule has 0 bridgehead atoms.